The number of benzene rings is 3. The Labute approximate surface area is 198 Å². The van der Waals surface area contributed by atoms with Gasteiger partial charge in [0.25, 0.3) is 15.9 Å². The molecule has 1 aliphatic rings. The number of fused-ring (bicyclic) bond motifs is 5. The first-order chi connectivity index (χ1) is 16.3. The summed E-state index contributed by atoms with van der Waals surface area (Å²) in [6, 6.07) is 15.2. The highest BCUT2D eigenvalue weighted by atomic mass is 32.2. The number of carbonyl (C=O) groups is 1. The Balaban J connectivity index is 1.86. The number of ether oxygens (including phenoxy) is 1. The average Bonchev–Trinajstić information content (AvgIpc) is 2.80. The molecule has 34 heavy (non-hydrogen) atoms. The summed E-state index contributed by atoms with van der Waals surface area (Å²) in [5.41, 5.74) is 8.37. The van der Waals surface area contributed by atoms with Crippen molar-refractivity contribution in [2.24, 2.45) is 5.73 Å². The van der Waals surface area contributed by atoms with Crippen molar-refractivity contribution in [3.63, 3.8) is 0 Å². The molecule has 1 heterocycles. The summed E-state index contributed by atoms with van der Waals surface area (Å²) >= 11 is 0. The molecule has 3 aromatic rings. The van der Waals surface area contributed by atoms with Crippen molar-refractivity contribution in [1.29, 1.82) is 0 Å². The van der Waals surface area contributed by atoms with Crippen LogP contribution in [0.4, 0.5) is 11.4 Å². The molecule has 0 spiro atoms. The zero-order valence-electron chi connectivity index (χ0n) is 18.5. The lowest BCUT2D eigenvalue weighted by Crippen LogP contribution is -2.18. The number of aromatic hydroxyl groups is 1. The Morgan fingerprint density at radius 2 is 1.79 bits per heavy atom. The second-order valence-corrected chi connectivity index (χ2v) is 9.57. The van der Waals surface area contributed by atoms with E-state index in [4.69, 9.17) is 10.5 Å². The molecule has 0 saturated carbocycles. The molecule has 0 aliphatic carbocycles. The molecule has 0 saturated heterocycles. The van der Waals surface area contributed by atoms with Crippen molar-refractivity contribution in [2.75, 3.05) is 17.1 Å². The summed E-state index contributed by atoms with van der Waals surface area (Å²) < 4.78 is 34.7. The van der Waals surface area contributed by atoms with Crippen LogP contribution in [0.25, 0.3) is 0 Å². The zero-order valence-corrected chi connectivity index (χ0v) is 19.4. The smallest absolute Gasteiger partial charge is 0.263 e. The Hall–Kier alpha value is -3.98. The van der Waals surface area contributed by atoms with Crippen LogP contribution < -0.4 is 20.5 Å². The molecule has 9 heteroatoms. The molecule has 0 radical (unpaired) electrons. The number of primary amides is 1. The van der Waals surface area contributed by atoms with Crippen LogP contribution in [-0.2, 0) is 29.4 Å². The predicted octanol–water partition coefficient (Wildman–Crippen LogP) is 3.57. The molecule has 0 atom stereocenters. The molecule has 5 N–H and O–H groups in total. The minimum absolute atomic E-state index is 0.140. The standard InChI is InChI=1S/C25H25N3O5S/c1-33-23-10-9-19-12-18(23)8-3-2-5-16-6-4-7-17(11-16)15-27-21-14-22(29)20(25(26)30)13-24(21)34(31,32)28-19/h2-4,6-7,9-14,27-29H,5,8,15H2,1H3,(H2,26,30)/b3-2-. The van der Waals surface area contributed by atoms with Crippen molar-refractivity contribution in [3.8, 4) is 11.5 Å². The van der Waals surface area contributed by atoms with E-state index in [-0.39, 0.29) is 16.1 Å². The van der Waals surface area contributed by atoms with E-state index in [0.717, 1.165) is 29.2 Å². The third-order valence-corrected chi connectivity index (χ3v) is 6.94. The third kappa shape index (κ3) is 4.99. The van der Waals surface area contributed by atoms with Crippen LogP contribution in [0.15, 0.2) is 71.6 Å². The van der Waals surface area contributed by atoms with Crippen LogP contribution in [0.1, 0.15) is 27.0 Å². The van der Waals surface area contributed by atoms with Crippen LogP contribution in [0.5, 0.6) is 11.5 Å². The summed E-state index contributed by atoms with van der Waals surface area (Å²) in [6.45, 7) is 0.308. The lowest BCUT2D eigenvalue weighted by atomic mass is 10.1. The van der Waals surface area contributed by atoms with Crippen molar-refractivity contribution in [3.05, 3.63) is 89.0 Å². The number of amides is 1. The number of nitrogens with two attached hydrogens (primary N) is 1. The second-order valence-electron chi connectivity index (χ2n) is 7.92. The quantitative estimate of drug-likeness (QED) is 0.416. The van der Waals surface area contributed by atoms with Gasteiger partial charge in [0.2, 0.25) is 0 Å². The SMILES string of the molecule is COc1ccc2cc1C/C=C\Cc1cccc(c1)CNc1cc(O)c(C(N)=O)cc1S(=O)(=O)N2. The van der Waals surface area contributed by atoms with Gasteiger partial charge in [0.15, 0.2) is 0 Å². The first-order valence-electron chi connectivity index (χ1n) is 10.6. The fourth-order valence-electron chi connectivity index (χ4n) is 3.83. The summed E-state index contributed by atoms with van der Waals surface area (Å²) in [5, 5.41) is 13.3. The van der Waals surface area contributed by atoms with E-state index in [1.807, 2.05) is 30.3 Å². The summed E-state index contributed by atoms with van der Waals surface area (Å²) in [4.78, 5) is 11.6. The second kappa shape index (κ2) is 9.48. The van der Waals surface area contributed by atoms with Gasteiger partial charge in [0.05, 0.1) is 18.4 Å². The Bertz CT molecular complexity index is 1380. The largest absolute Gasteiger partial charge is 0.507 e. The fraction of sp³-hybridized carbons (Fsp3) is 0.160. The molecule has 4 bridgehead atoms. The average molecular weight is 480 g/mol. The van der Waals surface area contributed by atoms with Crippen LogP contribution in [0, 0.1) is 0 Å². The first kappa shape index (κ1) is 23.2. The Morgan fingerprint density at radius 1 is 1.03 bits per heavy atom. The lowest BCUT2D eigenvalue weighted by Gasteiger charge is -2.17. The van der Waals surface area contributed by atoms with Crippen molar-refractivity contribution < 1.29 is 23.1 Å². The zero-order chi connectivity index (χ0) is 24.3. The number of hydrogen-bond donors (Lipinski definition) is 4. The number of methoxy groups -OCH3 is 1. The topological polar surface area (TPSA) is 131 Å². The molecule has 1 aliphatic heterocycles. The van der Waals surface area contributed by atoms with Gasteiger partial charge in [0.1, 0.15) is 16.4 Å². The molecule has 0 fully saturated rings. The number of carbonyl (C=O) groups excluding carboxylic acids is 1. The van der Waals surface area contributed by atoms with E-state index in [1.165, 1.54) is 6.07 Å². The van der Waals surface area contributed by atoms with Gasteiger partial charge in [-0.3, -0.25) is 9.52 Å². The highest BCUT2D eigenvalue weighted by Crippen LogP contribution is 2.32. The van der Waals surface area contributed by atoms with Crippen molar-refractivity contribution in [2.45, 2.75) is 24.3 Å². The molecule has 0 aromatic heterocycles. The molecule has 3 aromatic carbocycles. The number of rotatable bonds is 2. The minimum Gasteiger partial charge on any atom is -0.507 e. The Kier molecular flexibility index (Phi) is 6.47. The van der Waals surface area contributed by atoms with Gasteiger partial charge in [0, 0.05) is 18.3 Å². The highest BCUT2D eigenvalue weighted by Gasteiger charge is 2.24. The molecule has 8 nitrogen and oxygen atoms in total. The van der Waals surface area contributed by atoms with Crippen LogP contribution in [0.2, 0.25) is 0 Å². The maximum Gasteiger partial charge on any atom is 0.263 e. The van der Waals surface area contributed by atoms with Crippen LogP contribution in [0.3, 0.4) is 0 Å². The molecule has 1 amide bonds. The number of allylic oxidation sites excluding steroid dienone is 2. The van der Waals surface area contributed by atoms with Crippen molar-refractivity contribution >= 4 is 27.3 Å². The van der Waals surface area contributed by atoms with E-state index in [0.29, 0.717) is 24.4 Å². The van der Waals surface area contributed by atoms with E-state index in [1.54, 1.807) is 25.3 Å². The minimum atomic E-state index is -4.16. The normalized spacial score (nSPS) is 15.8. The van der Waals surface area contributed by atoms with E-state index in [9.17, 15) is 18.3 Å². The van der Waals surface area contributed by atoms with Crippen molar-refractivity contribution in [1.82, 2.24) is 0 Å². The Morgan fingerprint density at radius 3 is 2.56 bits per heavy atom. The summed E-state index contributed by atoms with van der Waals surface area (Å²) in [5.74, 6) is -0.707. The van der Waals surface area contributed by atoms with E-state index in [2.05, 4.69) is 16.1 Å². The van der Waals surface area contributed by atoms with Gasteiger partial charge in [-0.05, 0) is 53.8 Å². The van der Waals surface area contributed by atoms with Gasteiger partial charge >= 0.3 is 0 Å². The molecule has 0 unspecified atom stereocenters. The molecule has 4 rings (SSSR count). The number of nitrogens with one attached hydrogen (secondary N) is 2. The predicted molar refractivity (Wildman–Crippen MR) is 131 cm³/mol. The monoisotopic (exact) mass is 479 g/mol. The van der Waals surface area contributed by atoms with Gasteiger partial charge in [-0.2, -0.15) is 0 Å². The maximum absolute atomic E-state index is 13.4. The van der Waals surface area contributed by atoms with Gasteiger partial charge < -0.3 is 20.9 Å². The highest BCUT2D eigenvalue weighted by molar-refractivity contribution is 7.92. The third-order valence-electron chi connectivity index (χ3n) is 5.52. The molecule has 176 valence electrons. The fourth-order valence-corrected chi connectivity index (χ4v) is 5.07. The molecular weight excluding hydrogens is 454 g/mol. The lowest BCUT2D eigenvalue weighted by molar-refractivity contribution is 0.0997. The summed E-state index contributed by atoms with van der Waals surface area (Å²) in [7, 11) is -2.60. The number of hydrogen-bond acceptors (Lipinski definition) is 6. The first-order valence-corrected chi connectivity index (χ1v) is 12.1. The number of anilines is 2. The van der Waals surface area contributed by atoms with Gasteiger partial charge in [-0.1, -0.05) is 36.4 Å². The maximum atomic E-state index is 13.4. The van der Waals surface area contributed by atoms with Gasteiger partial charge in [-0.15, -0.1) is 0 Å². The van der Waals surface area contributed by atoms with Crippen LogP contribution >= 0.6 is 0 Å². The van der Waals surface area contributed by atoms with E-state index < -0.39 is 21.7 Å². The van der Waals surface area contributed by atoms with E-state index >= 15 is 0 Å². The number of sulfonamides is 1. The van der Waals surface area contributed by atoms with Gasteiger partial charge in [-0.25, -0.2) is 8.42 Å². The summed E-state index contributed by atoms with van der Waals surface area (Å²) in [6.07, 6.45) is 5.37. The van der Waals surface area contributed by atoms with Crippen LogP contribution in [-0.4, -0.2) is 26.5 Å². The number of phenols is 1. The molecular formula is C25H25N3O5S.